The average molecular weight is 783 g/mol. The van der Waals surface area contributed by atoms with Crippen molar-refractivity contribution in [1.29, 1.82) is 0 Å². The van der Waals surface area contributed by atoms with Crippen LogP contribution in [0.25, 0.3) is 27.5 Å². The first-order valence-electron chi connectivity index (χ1n) is 20.1. The molecule has 0 heterocycles. The molecule has 2 nitrogen and oxygen atoms in total. The van der Waals surface area contributed by atoms with E-state index in [2.05, 4.69) is 168 Å². The molecule has 0 radical (unpaired) electrons. The second-order valence-electron chi connectivity index (χ2n) is 14.2. The first-order chi connectivity index (χ1) is 29.2. The molecule has 0 aliphatic heterocycles. The van der Waals surface area contributed by atoms with Crippen LogP contribution in [0.5, 0.6) is 0 Å². The summed E-state index contributed by atoms with van der Waals surface area (Å²) in [7, 11) is 0. The van der Waals surface area contributed by atoms with Crippen LogP contribution in [0.1, 0.15) is 42.0 Å². The lowest BCUT2D eigenvalue weighted by Gasteiger charge is -2.14. The van der Waals surface area contributed by atoms with Gasteiger partial charge in [-0.25, -0.2) is 0 Å². The highest BCUT2D eigenvalue weighted by Crippen LogP contribution is 2.29. The Balaban J connectivity index is 0.000000203. The number of hydrogen-bond acceptors (Lipinski definition) is 2. The Morgan fingerprint density at radius 2 is 1.08 bits per heavy atom. The summed E-state index contributed by atoms with van der Waals surface area (Å²) in [6, 6.07) is 61.7. The van der Waals surface area contributed by atoms with Gasteiger partial charge in [-0.3, -0.25) is 0 Å². The maximum Gasteiger partial charge on any atom is 0.0320 e. The van der Waals surface area contributed by atoms with Gasteiger partial charge in [-0.2, -0.15) is 0 Å². The van der Waals surface area contributed by atoms with Crippen LogP contribution in [-0.2, 0) is 0 Å². The molecule has 7 aromatic rings. The largest absolute Gasteiger partial charge is 0.399 e. The van der Waals surface area contributed by atoms with E-state index in [1.54, 1.807) is 6.08 Å². The molecule has 0 aromatic heterocycles. The molecule has 1 atom stereocenters. The number of aryl methyl sites for hydroxylation is 1. The fourth-order valence-corrected chi connectivity index (χ4v) is 6.21. The zero-order valence-corrected chi connectivity index (χ0v) is 35.3. The van der Waals surface area contributed by atoms with E-state index in [1.165, 1.54) is 55.3 Å². The standard InChI is InChI=1S/C26H26.C19H17N.C7H8.C6H7N/c1-5-7-9-14-21(3)22(4)19-24(13-6-2)26-18-12-17-25(20-26)23-15-10-8-11-16-23;1-2-19(15-6-4-3-5-7-15)16-9-8-14-10-11-18(20)13-17(14)12-16;1-7-5-3-2-4-6-7;7-6-4-2-1-3-5-6/h5-20H,1-2H2,3-4H3;2-13,19H,1,20H2;2-6H,1H3;1-5H,7H2/b9-7-,21-14+,22-19+,24-13+;;;. The van der Waals surface area contributed by atoms with E-state index in [-0.39, 0.29) is 5.92 Å². The van der Waals surface area contributed by atoms with Crippen LogP contribution < -0.4 is 11.5 Å². The lowest BCUT2D eigenvalue weighted by Crippen LogP contribution is -1.97. The summed E-state index contributed by atoms with van der Waals surface area (Å²) < 4.78 is 0. The van der Waals surface area contributed by atoms with E-state index >= 15 is 0 Å². The van der Waals surface area contributed by atoms with E-state index < -0.39 is 0 Å². The molecular formula is C58H58N2. The van der Waals surface area contributed by atoms with E-state index in [0.29, 0.717) is 0 Å². The lowest BCUT2D eigenvalue weighted by atomic mass is 9.90. The fraction of sp³-hybridized carbons (Fsp3) is 0.0690. The summed E-state index contributed by atoms with van der Waals surface area (Å²) >= 11 is 0. The lowest BCUT2D eigenvalue weighted by molar-refractivity contribution is 1.03. The van der Waals surface area contributed by atoms with E-state index in [1.807, 2.05) is 97.1 Å². The van der Waals surface area contributed by atoms with Crippen molar-refractivity contribution < 1.29 is 0 Å². The highest BCUT2D eigenvalue weighted by atomic mass is 14.5. The molecular weight excluding hydrogens is 725 g/mol. The summed E-state index contributed by atoms with van der Waals surface area (Å²) in [6.07, 6.45) is 15.9. The van der Waals surface area contributed by atoms with Crippen LogP contribution in [0.15, 0.2) is 261 Å². The Morgan fingerprint density at radius 3 is 1.65 bits per heavy atom. The van der Waals surface area contributed by atoms with Gasteiger partial charge in [0.2, 0.25) is 0 Å². The number of rotatable bonds is 10. The minimum atomic E-state index is 0.210. The van der Waals surface area contributed by atoms with Gasteiger partial charge in [0.15, 0.2) is 0 Å². The number of benzene rings is 7. The first kappa shape index (κ1) is 45.3. The van der Waals surface area contributed by atoms with Crippen LogP contribution in [0.4, 0.5) is 11.4 Å². The van der Waals surface area contributed by atoms with Crippen molar-refractivity contribution in [2.75, 3.05) is 11.5 Å². The van der Waals surface area contributed by atoms with Crippen LogP contribution in [0.3, 0.4) is 0 Å². The van der Waals surface area contributed by atoms with Gasteiger partial charge in [0, 0.05) is 17.3 Å². The molecule has 7 rings (SSSR count). The number of hydrogen-bond donors (Lipinski definition) is 2. The van der Waals surface area contributed by atoms with Crippen molar-refractivity contribution in [3.8, 4) is 11.1 Å². The molecule has 1 unspecified atom stereocenters. The van der Waals surface area contributed by atoms with Crippen molar-refractivity contribution in [1.82, 2.24) is 0 Å². The number of nitrogens with two attached hydrogens (primary N) is 2. The molecule has 0 saturated heterocycles. The average Bonchev–Trinajstić information content (AvgIpc) is 3.28. The zero-order valence-electron chi connectivity index (χ0n) is 35.3. The molecule has 0 aliphatic rings. The zero-order chi connectivity index (χ0) is 43.0. The van der Waals surface area contributed by atoms with Gasteiger partial charge in [-0.1, -0.05) is 219 Å². The van der Waals surface area contributed by atoms with Gasteiger partial charge in [-0.05, 0) is 106 Å². The van der Waals surface area contributed by atoms with Crippen LogP contribution in [0, 0.1) is 6.92 Å². The van der Waals surface area contributed by atoms with Crippen molar-refractivity contribution in [3.05, 3.63) is 284 Å². The van der Waals surface area contributed by atoms with Crippen molar-refractivity contribution in [2.24, 2.45) is 0 Å². The smallest absolute Gasteiger partial charge is 0.0320 e. The highest BCUT2D eigenvalue weighted by Gasteiger charge is 2.10. The van der Waals surface area contributed by atoms with Gasteiger partial charge in [0.25, 0.3) is 0 Å². The minimum Gasteiger partial charge on any atom is -0.399 e. The number of fused-ring (bicyclic) bond motifs is 1. The molecule has 0 saturated carbocycles. The summed E-state index contributed by atoms with van der Waals surface area (Å²) in [5.74, 6) is 0.210. The van der Waals surface area contributed by atoms with Gasteiger partial charge >= 0.3 is 0 Å². The Morgan fingerprint density at radius 1 is 0.483 bits per heavy atom. The van der Waals surface area contributed by atoms with Gasteiger partial charge < -0.3 is 11.5 Å². The number of nitrogen functional groups attached to an aromatic ring is 2. The molecule has 2 heteroatoms. The van der Waals surface area contributed by atoms with Gasteiger partial charge in [-0.15, -0.1) is 6.58 Å². The van der Waals surface area contributed by atoms with Crippen LogP contribution in [0.2, 0.25) is 0 Å². The normalized spacial score (nSPS) is 11.8. The molecule has 0 aliphatic carbocycles. The quantitative estimate of drug-likeness (QED) is 0.0825. The third kappa shape index (κ3) is 15.2. The summed E-state index contributed by atoms with van der Waals surface area (Å²) in [4.78, 5) is 0. The second kappa shape index (κ2) is 25.0. The van der Waals surface area contributed by atoms with E-state index in [0.717, 1.165) is 16.9 Å². The Bertz CT molecular complexity index is 2470. The molecule has 60 heavy (non-hydrogen) atoms. The summed E-state index contributed by atoms with van der Waals surface area (Å²) in [5.41, 5.74) is 23.9. The Kier molecular flexibility index (Phi) is 18.9. The maximum atomic E-state index is 5.87. The van der Waals surface area contributed by atoms with Crippen molar-refractivity contribution in [2.45, 2.75) is 26.7 Å². The van der Waals surface area contributed by atoms with Gasteiger partial charge in [0.1, 0.15) is 0 Å². The number of para-hydroxylation sites is 1. The predicted molar refractivity (Wildman–Crippen MR) is 266 cm³/mol. The van der Waals surface area contributed by atoms with Gasteiger partial charge in [0.05, 0.1) is 0 Å². The fourth-order valence-electron chi connectivity index (χ4n) is 6.21. The number of allylic oxidation sites excluding steroid dienone is 11. The molecule has 4 N–H and O–H groups in total. The van der Waals surface area contributed by atoms with E-state index in [4.69, 9.17) is 11.5 Å². The highest BCUT2D eigenvalue weighted by molar-refractivity contribution is 5.86. The van der Waals surface area contributed by atoms with Crippen molar-refractivity contribution in [3.63, 3.8) is 0 Å². The SMILES string of the molecule is C=CC(c1ccccc1)c1ccc2ccc(N)cc2c1.C=C\C=C/C=C(C)/C(C)=C/C(=C\C=C)c1cccc(-c2ccccc2)c1.Cc1ccccc1.Nc1ccccc1. The minimum absolute atomic E-state index is 0.210. The molecule has 0 amide bonds. The Hall–Kier alpha value is -7.42. The monoisotopic (exact) mass is 782 g/mol. The third-order valence-electron chi connectivity index (χ3n) is 9.57. The molecule has 300 valence electrons. The van der Waals surface area contributed by atoms with E-state index in [9.17, 15) is 0 Å². The van der Waals surface area contributed by atoms with Crippen LogP contribution in [-0.4, -0.2) is 0 Å². The maximum absolute atomic E-state index is 5.87. The Labute approximate surface area is 359 Å². The third-order valence-corrected chi connectivity index (χ3v) is 9.57. The topological polar surface area (TPSA) is 52.0 Å². The van der Waals surface area contributed by atoms with Crippen molar-refractivity contribution >= 4 is 27.7 Å². The number of anilines is 2. The summed E-state index contributed by atoms with van der Waals surface area (Å²) in [6.45, 7) is 17.9. The van der Waals surface area contributed by atoms with Crippen LogP contribution >= 0.6 is 0 Å². The molecule has 0 bridgehead atoms. The summed E-state index contributed by atoms with van der Waals surface area (Å²) in [5, 5.41) is 2.38. The molecule has 0 spiro atoms. The molecule has 7 aromatic carbocycles. The predicted octanol–water partition coefficient (Wildman–Crippen LogP) is 15.6. The second-order valence-corrected chi connectivity index (χ2v) is 14.2. The first-order valence-corrected chi connectivity index (χ1v) is 20.1. The molecule has 0 fully saturated rings.